The van der Waals surface area contributed by atoms with Gasteiger partial charge in [0.05, 0.1) is 16.9 Å². The van der Waals surface area contributed by atoms with E-state index in [4.69, 9.17) is 10.8 Å². The Morgan fingerprint density at radius 3 is 2.50 bits per heavy atom. The van der Waals surface area contributed by atoms with Gasteiger partial charge in [0.2, 0.25) is 5.95 Å². The molecule has 1 spiro atoms. The molecule has 28 heavy (non-hydrogen) atoms. The van der Waals surface area contributed by atoms with Crippen LogP contribution in [0.5, 0.6) is 0 Å². The van der Waals surface area contributed by atoms with Crippen molar-refractivity contribution >= 4 is 5.95 Å². The Kier molecular flexibility index (Phi) is 3.88. The summed E-state index contributed by atoms with van der Waals surface area (Å²) in [6.45, 7) is 2.03. The molecule has 0 unspecified atom stereocenters. The number of nitrogens with one attached hydrogen (secondary N) is 1. The molecule has 142 valence electrons. The minimum Gasteiger partial charge on any atom is -0.293 e. The van der Waals surface area contributed by atoms with Crippen molar-refractivity contribution in [3.63, 3.8) is 0 Å². The number of nitrogens with zero attached hydrogens (tertiary/aromatic N) is 2. The fourth-order valence-electron chi connectivity index (χ4n) is 5.06. The smallest absolute Gasteiger partial charge is 0.263 e. The van der Waals surface area contributed by atoms with Gasteiger partial charge >= 0.3 is 0 Å². The number of hydrogen-bond acceptors (Lipinski definition) is 4. The van der Waals surface area contributed by atoms with Gasteiger partial charge in [0.1, 0.15) is 0 Å². The molecular formula is C23H24N4O. The van der Waals surface area contributed by atoms with Crippen LogP contribution in [-0.2, 0) is 11.8 Å². The van der Waals surface area contributed by atoms with E-state index in [1.807, 2.05) is 37.3 Å². The van der Waals surface area contributed by atoms with Gasteiger partial charge in [-0.15, -0.1) is 0 Å². The van der Waals surface area contributed by atoms with Crippen LogP contribution < -0.4 is 16.8 Å². The van der Waals surface area contributed by atoms with Gasteiger partial charge in [0.15, 0.2) is 0 Å². The standard InChI is InChI=1S/C23H24N4O/c1-15-8-10-17(11-9-15)27-21(28)19-20(25-22(27)26-24)18-7-3-2-6-16(18)14-23(19)12-4-5-13-23/h2-3,6-11H,4-5,12-14,24H2,1H3,(H,25,26). The molecule has 2 aliphatic carbocycles. The fourth-order valence-corrected chi connectivity index (χ4v) is 5.06. The molecule has 2 aliphatic rings. The molecule has 5 rings (SSSR count). The van der Waals surface area contributed by atoms with Crippen LogP contribution in [0.25, 0.3) is 16.9 Å². The lowest BCUT2D eigenvalue weighted by molar-refractivity contribution is 0.425. The molecule has 1 saturated carbocycles. The Balaban J connectivity index is 1.85. The largest absolute Gasteiger partial charge is 0.293 e. The molecule has 5 nitrogen and oxygen atoms in total. The third kappa shape index (κ3) is 2.43. The number of rotatable bonds is 2. The highest BCUT2D eigenvalue weighted by atomic mass is 16.1. The second-order valence-electron chi connectivity index (χ2n) is 8.10. The molecular weight excluding hydrogens is 348 g/mol. The van der Waals surface area contributed by atoms with E-state index in [1.54, 1.807) is 4.57 Å². The first-order chi connectivity index (χ1) is 13.6. The average Bonchev–Trinajstić information content (AvgIpc) is 3.17. The van der Waals surface area contributed by atoms with Crippen molar-refractivity contribution in [2.45, 2.75) is 44.4 Å². The van der Waals surface area contributed by atoms with Gasteiger partial charge in [-0.3, -0.25) is 10.2 Å². The molecule has 1 heterocycles. The highest BCUT2D eigenvalue weighted by Gasteiger charge is 2.44. The minimum absolute atomic E-state index is 0.00166. The zero-order valence-electron chi connectivity index (χ0n) is 16.0. The van der Waals surface area contributed by atoms with Crippen molar-refractivity contribution in [3.05, 3.63) is 75.6 Å². The zero-order valence-corrected chi connectivity index (χ0v) is 16.0. The average molecular weight is 372 g/mol. The van der Waals surface area contributed by atoms with E-state index in [-0.39, 0.29) is 11.0 Å². The summed E-state index contributed by atoms with van der Waals surface area (Å²) in [5, 5.41) is 0. The van der Waals surface area contributed by atoms with E-state index in [2.05, 4.69) is 23.6 Å². The molecule has 3 aromatic rings. The van der Waals surface area contributed by atoms with Gasteiger partial charge in [0, 0.05) is 11.0 Å². The maximum absolute atomic E-state index is 13.9. The molecule has 0 saturated heterocycles. The molecule has 0 atom stereocenters. The van der Waals surface area contributed by atoms with Crippen LogP contribution in [0.4, 0.5) is 5.95 Å². The first-order valence-electron chi connectivity index (χ1n) is 9.92. The van der Waals surface area contributed by atoms with Crippen LogP contribution in [0.1, 0.15) is 42.4 Å². The van der Waals surface area contributed by atoms with Gasteiger partial charge in [-0.25, -0.2) is 15.4 Å². The summed E-state index contributed by atoms with van der Waals surface area (Å²) >= 11 is 0. The Morgan fingerprint density at radius 2 is 1.79 bits per heavy atom. The molecule has 0 aliphatic heterocycles. The van der Waals surface area contributed by atoms with Crippen molar-refractivity contribution in [1.82, 2.24) is 9.55 Å². The van der Waals surface area contributed by atoms with Gasteiger partial charge in [0.25, 0.3) is 5.56 Å². The van der Waals surface area contributed by atoms with E-state index < -0.39 is 0 Å². The number of fused-ring (bicyclic) bond motifs is 4. The number of aromatic nitrogens is 2. The van der Waals surface area contributed by atoms with Gasteiger partial charge < -0.3 is 0 Å². The Bertz CT molecular complexity index is 1110. The number of nitrogens with two attached hydrogens (primary N) is 1. The first-order valence-corrected chi connectivity index (χ1v) is 9.92. The molecule has 3 N–H and O–H groups in total. The number of hydrazine groups is 1. The van der Waals surface area contributed by atoms with Crippen molar-refractivity contribution in [2.75, 3.05) is 5.43 Å². The highest BCUT2D eigenvalue weighted by Crippen LogP contribution is 2.49. The predicted octanol–water partition coefficient (Wildman–Crippen LogP) is 3.86. The highest BCUT2D eigenvalue weighted by molar-refractivity contribution is 5.73. The third-order valence-corrected chi connectivity index (χ3v) is 6.40. The Hall–Kier alpha value is -2.92. The lowest BCUT2D eigenvalue weighted by Gasteiger charge is -2.36. The van der Waals surface area contributed by atoms with E-state index in [0.717, 1.165) is 60.2 Å². The van der Waals surface area contributed by atoms with E-state index in [0.29, 0.717) is 5.95 Å². The molecule has 1 fully saturated rings. The van der Waals surface area contributed by atoms with Gasteiger partial charge in [-0.2, -0.15) is 0 Å². The summed E-state index contributed by atoms with van der Waals surface area (Å²) in [6, 6.07) is 16.2. The van der Waals surface area contributed by atoms with Crippen LogP contribution >= 0.6 is 0 Å². The monoisotopic (exact) mass is 372 g/mol. The second-order valence-corrected chi connectivity index (χ2v) is 8.10. The number of benzene rings is 2. The normalized spacial score (nSPS) is 16.6. The number of hydrogen-bond donors (Lipinski definition) is 2. The van der Waals surface area contributed by atoms with Crippen LogP contribution in [-0.4, -0.2) is 9.55 Å². The Labute approximate surface area is 164 Å². The lowest BCUT2D eigenvalue weighted by Crippen LogP contribution is -2.40. The molecule has 0 radical (unpaired) electrons. The van der Waals surface area contributed by atoms with E-state index in [9.17, 15) is 4.79 Å². The maximum atomic E-state index is 13.9. The predicted molar refractivity (Wildman–Crippen MR) is 112 cm³/mol. The minimum atomic E-state index is -0.118. The molecule has 2 aromatic carbocycles. The summed E-state index contributed by atoms with van der Waals surface area (Å²) in [4.78, 5) is 18.8. The summed E-state index contributed by atoms with van der Waals surface area (Å²) in [7, 11) is 0. The summed E-state index contributed by atoms with van der Waals surface area (Å²) in [5.41, 5.74) is 8.46. The molecule has 1 aromatic heterocycles. The molecule has 0 bridgehead atoms. The Morgan fingerprint density at radius 1 is 1.07 bits per heavy atom. The maximum Gasteiger partial charge on any atom is 0.263 e. The van der Waals surface area contributed by atoms with Crippen molar-refractivity contribution in [1.29, 1.82) is 0 Å². The quantitative estimate of drug-likeness (QED) is 0.529. The number of anilines is 1. The van der Waals surface area contributed by atoms with Crippen LogP contribution in [0, 0.1) is 6.92 Å². The molecule has 0 amide bonds. The van der Waals surface area contributed by atoms with E-state index in [1.165, 1.54) is 5.56 Å². The lowest BCUT2D eigenvalue weighted by atomic mass is 9.68. The first kappa shape index (κ1) is 17.2. The topological polar surface area (TPSA) is 72.9 Å². The molecule has 5 heteroatoms. The van der Waals surface area contributed by atoms with Crippen LogP contribution in [0.2, 0.25) is 0 Å². The van der Waals surface area contributed by atoms with Gasteiger partial charge in [-0.05, 0) is 43.9 Å². The SMILES string of the molecule is Cc1ccc(-n2c(NN)nc3c(c2=O)C2(CCCC2)Cc2ccccc2-3)cc1. The summed E-state index contributed by atoms with van der Waals surface area (Å²) in [5.74, 6) is 6.19. The van der Waals surface area contributed by atoms with Crippen molar-refractivity contribution in [2.24, 2.45) is 5.84 Å². The van der Waals surface area contributed by atoms with Gasteiger partial charge in [-0.1, -0.05) is 54.8 Å². The number of aryl methyl sites for hydroxylation is 1. The third-order valence-electron chi connectivity index (χ3n) is 6.40. The van der Waals surface area contributed by atoms with E-state index >= 15 is 0 Å². The van der Waals surface area contributed by atoms with Crippen LogP contribution in [0.15, 0.2) is 53.3 Å². The fraction of sp³-hybridized carbons (Fsp3) is 0.304. The van der Waals surface area contributed by atoms with Crippen molar-refractivity contribution in [3.8, 4) is 16.9 Å². The van der Waals surface area contributed by atoms with Crippen LogP contribution in [0.3, 0.4) is 0 Å². The summed E-state index contributed by atoms with van der Waals surface area (Å²) in [6.07, 6.45) is 5.30. The van der Waals surface area contributed by atoms with Crippen molar-refractivity contribution < 1.29 is 0 Å². The summed E-state index contributed by atoms with van der Waals surface area (Å²) < 4.78 is 1.63. The number of nitrogen functional groups attached to an aromatic ring is 1. The second kappa shape index (κ2) is 6.31. The zero-order chi connectivity index (χ0) is 19.3.